The zero-order valence-corrected chi connectivity index (χ0v) is 13.2. The molecule has 0 bridgehead atoms. The van der Waals surface area contributed by atoms with E-state index in [4.69, 9.17) is 21.1 Å². The van der Waals surface area contributed by atoms with Crippen LogP contribution in [0.4, 0.5) is 5.69 Å². The van der Waals surface area contributed by atoms with Gasteiger partial charge in [0.1, 0.15) is 11.8 Å². The Bertz CT molecular complexity index is 630. The first-order chi connectivity index (χ1) is 10.4. The van der Waals surface area contributed by atoms with Gasteiger partial charge in [0.25, 0.3) is 5.91 Å². The lowest BCUT2D eigenvalue weighted by molar-refractivity contribution is -0.143. The van der Waals surface area contributed by atoms with Crippen LogP contribution in [0.2, 0.25) is 0 Å². The largest absolute Gasteiger partial charge is 0.479 e. The first-order valence-corrected chi connectivity index (χ1v) is 7.25. The average Bonchev–Trinajstić information content (AvgIpc) is 2.53. The second kappa shape index (κ2) is 6.36. The summed E-state index contributed by atoms with van der Waals surface area (Å²) < 4.78 is 10.2. The van der Waals surface area contributed by atoms with E-state index in [0.717, 1.165) is 0 Å². The van der Waals surface area contributed by atoms with Crippen molar-refractivity contribution < 1.29 is 23.9 Å². The van der Waals surface area contributed by atoms with E-state index in [1.807, 2.05) is 0 Å². The van der Waals surface area contributed by atoms with Crippen molar-refractivity contribution in [3.05, 3.63) is 23.8 Å². The van der Waals surface area contributed by atoms with E-state index in [1.54, 1.807) is 26.0 Å². The third-order valence-electron chi connectivity index (χ3n) is 3.48. The molecule has 0 spiro atoms. The summed E-state index contributed by atoms with van der Waals surface area (Å²) in [6.07, 6.45) is -0.728. The minimum Gasteiger partial charge on any atom is -0.479 e. The van der Waals surface area contributed by atoms with Crippen molar-refractivity contribution in [1.29, 1.82) is 0 Å². The third-order valence-corrected chi connectivity index (χ3v) is 3.72. The second-order valence-corrected chi connectivity index (χ2v) is 5.17. The summed E-state index contributed by atoms with van der Waals surface area (Å²) in [5.41, 5.74) is 0.707. The van der Waals surface area contributed by atoms with Crippen molar-refractivity contribution >= 4 is 34.9 Å². The normalized spacial score (nSPS) is 18.3. The lowest BCUT2D eigenvalue weighted by atomic mass is 10.1. The highest BCUT2D eigenvalue weighted by molar-refractivity contribution is 6.30. The monoisotopic (exact) mass is 325 g/mol. The van der Waals surface area contributed by atoms with E-state index in [2.05, 4.69) is 0 Å². The van der Waals surface area contributed by atoms with Crippen molar-refractivity contribution in [2.45, 2.75) is 26.0 Å². The first kappa shape index (κ1) is 16.3. The summed E-state index contributed by atoms with van der Waals surface area (Å²) in [6.45, 7) is 3.15. The van der Waals surface area contributed by atoms with Gasteiger partial charge in [0.05, 0.1) is 18.7 Å². The number of carbonyl (C=O) groups excluding carboxylic acids is 3. The molecular formula is C15H16ClNO5. The molecule has 1 amide bonds. The number of nitrogens with zero attached hydrogens (tertiary/aromatic N) is 1. The molecule has 1 aromatic rings. The molecule has 2 rings (SSSR count). The molecule has 1 aliphatic heterocycles. The fourth-order valence-electron chi connectivity index (χ4n) is 2.29. The molecule has 0 saturated carbocycles. The number of anilines is 1. The van der Waals surface area contributed by atoms with Gasteiger partial charge in [-0.05, 0) is 32.0 Å². The molecule has 7 heteroatoms. The standard InChI is InChI=1S/C15H16ClNO5/c1-8(15(20)21-3)17-11-6-10(12(18)7-16)4-5-13(11)22-9(2)14(17)19/h4-6,8-9H,7H2,1-3H3. The lowest BCUT2D eigenvalue weighted by Gasteiger charge is -2.35. The van der Waals surface area contributed by atoms with Gasteiger partial charge >= 0.3 is 5.97 Å². The highest BCUT2D eigenvalue weighted by Crippen LogP contribution is 2.36. The van der Waals surface area contributed by atoms with Gasteiger partial charge < -0.3 is 9.47 Å². The van der Waals surface area contributed by atoms with Crippen LogP contribution in [0.3, 0.4) is 0 Å². The minimum atomic E-state index is -0.830. The number of rotatable bonds is 4. The van der Waals surface area contributed by atoms with Crippen molar-refractivity contribution in [3.8, 4) is 5.75 Å². The van der Waals surface area contributed by atoms with Crippen LogP contribution in [0, 0.1) is 0 Å². The number of ether oxygens (including phenoxy) is 2. The van der Waals surface area contributed by atoms with E-state index in [-0.39, 0.29) is 17.6 Å². The maximum atomic E-state index is 12.4. The number of fused-ring (bicyclic) bond motifs is 1. The summed E-state index contributed by atoms with van der Waals surface area (Å²) in [4.78, 5) is 37.2. The van der Waals surface area contributed by atoms with Crippen LogP contribution in [0.5, 0.6) is 5.75 Å². The Kier molecular flexibility index (Phi) is 4.71. The molecule has 2 unspecified atom stereocenters. The summed E-state index contributed by atoms with van der Waals surface area (Å²) in [5, 5.41) is 0. The summed E-state index contributed by atoms with van der Waals surface area (Å²) in [5.74, 6) is -0.949. The number of esters is 1. The third kappa shape index (κ3) is 2.78. The molecule has 0 aromatic heterocycles. The van der Waals surface area contributed by atoms with Gasteiger partial charge in [-0.25, -0.2) is 4.79 Å². The molecular weight excluding hydrogens is 310 g/mol. The van der Waals surface area contributed by atoms with Gasteiger partial charge in [0.15, 0.2) is 11.9 Å². The Hall–Kier alpha value is -2.08. The molecule has 0 saturated heterocycles. The zero-order chi connectivity index (χ0) is 16.4. The van der Waals surface area contributed by atoms with E-state index in [0.29, 0.717) is 17.0 Å². The topological polar surface area (TPSA) is 72.9 Å². The summed E-state index contributed by atoms with van der Waals surface area (Å²) in [6, 6.07) is 3.84. The van der Waals surface area contributed by atoms with Gasteiger partial charge in [0.2, 0.25) is 0 Å². The molecule has 1 aromatic carbocycles. The summed E-state index contributed by atoms with van der Waals surface area (Å²) in [7, 11) is 1.25. The van der Waals surface area contributed by atoms with E-state index >= 15 is 0 Å². The van der Waals surface area contributed by atoms with Gasteiger partial charge in [0, 0.05) is 5.56 Å². The lowest BCUT2D eigenvalue weighted by Crippen LogP contribution is -2.51. The first-order valence-electron chi connectivity index (χ1n) is 6.71. The van der Waals surface area contributed by atoms with Crippen LogP contribution in [-0.4, -0.2) is 42.8 Å². The van der Waals surface area contributed by atoms with Crippen LogP contribution < -0.4 is 9.64 Å². The van der Waals surface area contributed by atoms with E-state index in [9.17, 15) is 14.4 Å². The predicted octanol–water partition coefficient (Wildman–Crippen LogP) is 1.78. The Morgan fingerprint density at radius 3 is 2.73 bits per heavy atom. The molecule has 2 atom stereocenters. The number of Topliss-reactive ketones (excluding diaryl/α,β-unsaturated/α-hetero) is 1. The minimum absolute atomic E-state index is 0.170. The predicted molar refractivity (Wildman–Crippen MR) is 80.5 cm³/mol. The maximum absolute atomic E-state index is 12.4. The number of hydrogen-bond donors (Lipinski definition) is 0. The molecule has 0 radical (unpaired) electrons. The SMILES string of the molecule is COC(=O)C(C)N1C(=O)C(C)Oc2ccc(C(=O)CCl)cc21. The van der Waals surface area contributed by atoms with Crippen LogP contribution >= 0.6 is 11.6 Å². The van der Waals surface area contributed by atoms with Crippen molar-refractivity contribution in [3.63, 3.8) is 0 Å². The molecule has 1 heterocycles. The molecule has 0 aliphatic carbocycles. The van der Waals surface area contributed by atoms with E-state index in [1.165, 1.54) is 18.1 Å². The number of hydrogen-bond acceptors (Lipinski definition) is 5. The Labute approximate surface area is 132 Å². The Morgan fingerprint density at radius 1 is 1.45 bits per heavy atom. The molecule has 22 heavy (non-hydrogen) atoms. The molecule has 0 fully saturated rings. The molecule has 1 aliphatic rings. The van der Waals surface area contributed by atoms with Gasteiger partial charge in [-0.15, -0.1) is 11.6 Å². The zero-order valence-electron chi connectivity index (χ0n) is 12.5. The van der Waals surface area contributed by atoms with Crippen molar-refractivity contribution in [1.82, 2.24) is 0 Å². The maximum Gasteiger partial charge on any atom is 0.328 e. The van der Waals surface area contributed by atoms with Crippen molar-refractivity contribution in [2.24, 2.45) is 0 Å². The number of methoxy groups -OCH3 is 1. The number of benzene rings is 1. The van der Waals surface area contributed by atoms with E-state index < -0.39 is 18.1 Å². The number of ketones is 1. The fourth-order valence-corrected chi connectivity index (χ4v) is 2.44. The fraction of sp³-hybridized carbons (Fsp3) is 0.400. The van der Waals surface area contributed by atoms with Gasteiger partial charge in [-0.1, -0.05) is 0 Å². The van der Waals surface area contributed by atoms with Crippen LogP contribution in [-0.2, 0) is 14.3 Å². The molecule has 118 valence electrons. The Balaban J connectivity index is 2.52. The number of amides is 1. The van der Waals surface area contributed by atoms with Crippen LogP contribution in [0.1, 0.15) is 24.2 Å². The second-order valence-electron chi connectivity index (χ2n) is 4.91. The number of alkyl halides is 1. The van der Waals surface area contributed by atoms with Gasteiger partial charge in [-0.2, -0.15) is 0 Å². The highest BCUT2D eigenvalue weighted by Gasteiger charge is 2.37. The smallest absolute Gasteiger partial charge is 0.328 e. The molecule has 6 nitrogen and oxygen atoms in total. The van der Waals surface area contributed by atoms with Crippen LogP contribution in [0.15, 0.2) is 18.2 Å². The van der Waals surface area contributed by atoms with Crippen LogP contribution in [0.25, 0.3) is 0 Å². The Morgan fingerprint density at radius 2 is 2.14 bits per heavy atom. The highest BCUT2D eigenvalue weighted by atomic mass is 35.5. The van der Waals surface area contributed by atoms with Crippen molar-refractivity contribution in [2.75, 3.05) is 17.9 Å². The number of carbonyl (C=O) groups is 3. The average molecular weight is 326 g/mol. The van der Waals surface area contributed by atoms with Gasteiger partial charge in [-0.3, -0.25) is 14.5 Å². The number of halogens is 1. The summed E-state index contributed by atoms with van der Waals surface area (Å²) >= 11 is 5.56. The quantitative estimate of drug-likeness (QED) is 0.479. The molecule has 0 N–H and O–H groups in total.